The van der Waals surface area contributed by atoms with E-state index in [9.17, 15) is 4.79 Å². The Bertz CT molecular complexity index is 745. The highest BCUT2D eigenvalue weighted by molar-refractivity contribution is 5.94. The van der Waals surface area contributed by atoms with Crippen LogP contribution in [0, 0.1) is 0 Å². The van der Waals surface area contributed by atoms with Gasteiger partial charge in [-0.1, -0.05) is 18.2 Å². The second-order valence-electron chi connectivity index (χ2n) is 7.72. The van der Waals surface area contributed by atoms with E-state index in [1.807, 2.05) is 30.5 Å². The van der Waals surface area contributed by atoms with Crippen molar-refractivity contribution in [1.29, 1.82) is 0 Å². The summed E-state index contributed by atoms with van der Waals surface area (Å²) in [5, 5.41) is 0. The number of rotatable bonds is 5. The van der Waals surface area contributed by atoms with Crippen molar-refractivity contribution in [3.63, 3.8) is 0 Å². The summed E-state index contributed by atoms with van der Waals surface area (Å²) in [7, 11) is 3.53. The van der Waals surface area contributed by atoms with Gasteiger partial charge in [-0.05, 0) is 37.6 Å². The molecule has 27 heavy (non-hydrogen) atoms. The third-order valence-electron chi connectivity index (χ3n) is 5.22. The van der Waals surface area contributed by atoms with Gasteiger partial charge in [0.05, 0.1) is 5.69 Å². The van der Waals surface area contributed by atoms with E-state index in [1.54, 1.807) is 19.0 Å². The molecule has 0 radical (unpaired) electrons. The van der Waals surface area contributed by atoms with Crippen molar-refractivity contribution in [3.8, 4) is 11.1 Å². The van der Waals surface area contributed by atoms with Crippen LogP contribution in [0.2, 0.25) is 0 Å². The van der Waals surface area contributed by atoms with Crippen LogP contribution in [0.3, 0.4) is 0 Å². The van der Waals surface area contributed by atoms with Gasteiger partial charge < -0.3 is 4.90 Å². The monoisotopic (exact) mass is 366 g/mol. The summed E-state index contributed by atoms with van der Waals surface area (Å²) in [6.45, 7) is 9.90. The largest absolute Gasteiger partial charge is 0.345 e. The van der Waals surface area contributed by atoms with Gasteiger partial charge in [0.25, 0.3) is 5.91 Å². The molecule has 0 saturated carbocycles. The quantitative estimate of drug-likeness (QED) is 0.816. The van der Waals surface area contributed by atoms with Gasteiger partial charge in [0.15, 0.2) is 0 Å². The number of carbonyl (C=O) groups is 1. The summed E-state index contributed by atoms with van der Waals surface area (Å²) in [4.78, 5) is 23.2. The molecule has 2 heterocycles. The van der Waals surface area contributed by atoms with Gasteiger partial charge >= 0.3 is 0 Å². The minimum Gasteiger partial charge on any atom is -0.345 e. The number of piperazine rings is 1. The lowest BCUT2D eigenvalue weighted by atomic mass is 10.0. The summed E-state index contributed by atoms with van der Waals surface area (Å²) in [5.74, 6) is 0.0209. The van der Waals surface area contributed by atoms with Crippen molar-refractivity contribution in [2.75, 3.05) is 40.3 Å². The van der Waals surface area contributed by atoms with Crippen LogP contribution in [0.5, 0.6) is 0 Å². The van der Waals surface area contributed by atoms with Gasteiger partial charge in [-0.25, -0.2) is 0 Å². The molecule has 5 nitrogen and oxygen atoms in total. The normalized spacial score (nSPS) is 15.9. The average molecular weight is 367 g/mol. The summed E-state index contributed by atoms with van der Waals surface area (Å²) in [6, 6.07) is 12.6. The standard InChI is InChI=1S/C22H30N4O/c1-17(2)26-13-11-25(12-14-26)16-21-10-9-20(15-23-21)18-5-7-19(8-6-18)22(27)24(3)4/h5-10,15,17H,11-14,16H2,1-4H3. The average Bonchev–Trinajstić information content (AvgIpc) is 2.68. The second kappa shape index (κ2) is 8.63. The first-order chi connectivity index (χ1) is 12.9. The molecule has 0 bridgehead atoms. The van der Waals surface area contributed by atoms with Gasteiger partial charge in [-0.3, -0.25) is 19.6 Å². The number of carbonyl (C=O) groups excluding carboxylic acids is 1. The molecule has 1 aromatic carbocycles. The first kappa shape index (κ1) is 19.5. The third-order valence-corrected chi connectivity index (χ3v) is 5.22. The maximum atomic E-state index is 12.0. The van der Waals surface area contributed by atoms with Gasteiger partial charge in [0.2, 0.25) is 0 Å². The molecule has 1 aliphatic heterocycles. The van der Waals surface area contributed by atoms with Gasteiger partial charge in [0, 0.05) is 70.2 Å². The fourth-order valence-corrected chi connectivity index (χ4v) is 3.42. The highest BCUT2D eigenvalue weighted by atomic mass is 16.2. The molecular weight excluding hydrogens is 336 g/mol. The van der Waals surface area contributed by atoms with E-state index in [0.717, 1.165) is 49.5 Å². The van der Waals surface area contributed by atoms with Crippen LogP contribution < -0.4 is 0 Å². The zero-order valence-electron chi connectivity index (χ0n) is 16.9. The third kappa shape index (κ3) is 4.93. The molecule has 0 aliphatic carbocycles. The van der Waals surface area contributed by atoms with Crippen LogP contribution >= 0.6 is 0 Å². The molecule has 1 saturated heterocycles. The number of nitrogens with zero attached hydrogens (tertiary/aromatic N) is 4. The highest BCUT2D eigenvalue weighted by Crippen LogP contribution is 2.20. The topological polar surface area (TPSA) is 39.7 Å². The molecular formula is C22H30N4O. The predicted molar refractivity (Wildman–Crippen MR) is 110 cm³/mol. The van der Waals surface area contributed by atoms with E-state index in [4.69, 9.17) is 0 Å². The van der Waals surface area contributed by atoms with Crippen LogP contribution in [-0.4, -0.2) is 71.9 Å². The number of hydrogen-bond donors (Lipinski definition) is 0. The number of aromatic nitrogens is 1. The molecule has 144 valence electrons. The predicted octanol–water partition coefficient (Wildman–Crippen LogP) is 2.98. The fourth-order valence-electron chi connectivity index (χ4n) is 3.42. The van der Waals surface area contributed by atoms with Gasteiger partial charge in [-0.15, -0.1) is 0 Å². The lowest BCUT2D eigenvalue weighted by molar-refractivity contribution is 0.0827. The lowest BCUT2D eigenvalue weighted by Gasteiger charge is -2.36. The van der Waals surface area contributed by atoms with E-state index >= 15 is 0 Å². The molecule has 1 fully saturated rings. The minimum atomic E-state index is 0.0209. The van der Waals surface area contributed by atoms with Crippen LogP contribution in [0.4, 0.5) is 0 Å². The van der Waals surface area contributed by atoms with Gasteiger partial charge in [0.1, 0.15) is 0 Å². The number of hydrogen-bond acceptors (Lipinski definition) is 4. The Balaban J connectivity index is 1.60. The van der Waals surface area contributed by atoms with Crippen molar-refractivity contribution in [1.82, 2.24) is 19.7 Å². The maximum absolute atomic E-state index is 12.0. The van der Waals surface area contributed by atoms with Crippen molar-refractivity contribution >= 4 is 5.91 Å². The summed E-state index contributed by atoms with van der Waals surface area (Å²) < 4.78 is 0. The molecule has 0 spiro atoms. The maximum Gasteiger partial charge on any atom is 0.253 e. The van der Waals surface area contributed by atoms with E-state index in [-0.39, 0.29) is 5.91 Å². The Morgan fingerprint density at radius 3 is 2.15 bits per heavy atom. The number of benzene rings is 1. The minimum absolute atomic E-state index is 0.0209. The van der Waals surface area contributed by atoms with Crippen LogP contribution in [0.1, 0.15) is 29.9 Å². The van der Waals surface area contributed by atoms with Crippen LogP contribution in [0.15, 0.2) is 42.6 Å². The molecule has 0 atom stereocenters. The molecule has 2 aromatic rings. The SMILES string of the molecule is CC(C)N1CCN(Cc2ccc(-c3ccc(C(=O)N(C)C)cc3)cn2)CC1. The Labute approximate surface area is 162 Å². The zero-order chi connectivity index (χ0) is 19.4. The van der Waals surface area contributed by atoms with E-state index in [2.05, 4.69) is 40.8 Å². The summed E-state index contributed by atoms with van der Waals surface area (Å²) in [6.07, 6.45) is 1.93. The first-order valence-corrected chi connectivity index (χ1v) is 9.67. The molecule has 1 aromatic heterocycles. The Morgan fingerprint density at radius 2 is 1.63 bits per heavy atom. The molecule has 3 rings (SSSR count). The Hall–Kier alpha value is -2.24. The van der Waals surface area contributed by atoms with E-state index in [1.165, 1.54) is 0 Å². The smallest absolute Gasteiger partial charge is 0.253 e. The highest BCUT2D eigenvalue weighted by Gasteiger charge is 2.19. The first-order valence-electron chi connectivity index (χ1n) is 9.67. The number of pyridine rings is 1. The fraction of sp³-hybridized carbons (Fsp3) is 0.455. The van der Waals surface area contributed by atoms with E-state index < -0.39 is 0 Å². The van der Waals surface area contributed by atoms with Crippen LogP contribution in [0.25, 0.3) is 11.1 Å². The van der Waals surface area contributed by atoms with E-state index in [0.29, 0.717) is 11.6 Å². The molecule has 0 N–H and O–H groups in total. The second-order valence-corrected chi connectivity index (χ2v) is 7.72. The van der Waals surface area contributed by atoms with Gasteiger partial charge in [-0.2, -0.15) is 0 Å². The van der Waals surface area contributed by atoms with Crippen LogP contribution in [-0.2, 0) is 6.54 Å². The van der Waals surface area contributed by atoms with Crippen molar-refractivity contribution < 1.29 is 4.79 Å². The molecule has 5 heteroatoms. The molecule has 1 aliphatic rings. The summed E-state index contributed by atoms with van der Waals surface area (Å²) >= 11 is 0. The van der Waals surface area contributed by atoms with Crippen molar-refractivity contribution in [2.24, 2.45) is 0 Å². The Kier molecular flexibility index (Phi) is 6.24. The van der Waals surface area contributed by atoms with Crippen molar-refractivity contribution in [2.45, 2.75) is 26.4 Å². The molecule has 0 unspecified atom stereocenters. The Morgan fingerprint density at radius 1 is 1.00 bits per heavy atom. The molecule has 1 amide bonds. The lowest BCUT2D eigenvalue weighted by Crippen LogP contribution is -2.48. The summed E-state index contributed by atoms with van der Waals surface area (Å²) in [5.41, 5.74) is 3.96. The van der Waals surface area contributed by atoms with Crippen molar-refractivity contribution in [3.05, 3.63) is 53.9 Å². The zero-order valence-corrected chi connectivity index (χ0v) is 16.9. The number of amides is 1.